The second-order valence-electron chi connectivity index (χ2n) is 9.48. The number of amides is 2. The number of ether oxygens (including phenoxy) is 1. The molecule has 0 bridgehead atoms. The Morgan fingerprint density at radius 2 is 1.86 bits per heavy atom. The van der Waals surface area contributed by atoms with Crippen molar-refractivity contribution in [2.24, 2.45) is 0 Å². The average Bonchev–Trinajstić information content (AvgIpc) is 3.30. The molecule has 1 heterocycles. The quantitative estimate of drug-likeness (QED) is 0.407. The van der Waals surface area contributed by atoms with Gasteiger partial charge in [0.05, 0.1) is 5.52 Å². The molecule has 0 radical (unpaired) electrons. The molecule has 0 unspecified atom stereocenters. The first-order chi connectivity index (χ1) is 17.6. The summed E-state index contributed by atoms with van der Waals surface area (Å²) < 4.78 is 7.16. The maximum Gasteiger partial charge on any atom is 0.247 e. The lowest BCUT2D eigenvalue weighted by atomic mass is 9.94. The van der Waals surface area contributed by atoms with E-state index in [2.05, 4.69) is 15.6 Å². The minimum Gasteiger partial charge on any atom is -0.382 e. The van der Waals surface area contributed by atoms with Crippen LogP contribution < -0.4 is 5.32 Å². The Bertz CT molecular complexity index is 1150. The predicted octanol–water partition coefficient (Wildman–Crippen LogP) is 4.19. The first-order valence-corrected chi connectivity index (χ1v) is 13.1. The van der Waals surface area contributed by atoms with Crippen LogP contribution in [0.3, 0.4) is 0 Å². The summed E-state index contributed by atoms with van der Waals surface area (Å²) in [6.45, 7) is 5.49. The van der Waals surface area contributed by atoms with Gasteiger partial charge in [0.25, 0.3) is 0 Å². The zero-order valence-corrected chi connectivity index (χ0v) is 21.4. The van der Waals surface area contributed by atoms with Gasteiger partial charge in [-0.1, -0.05) is 60.9 Å². The fourth-order valence-corrected chi connectivity index (χ4v) is 5.00. The molecule has 1 N–H and O–H groups in total. The van der Waals surface area contributed by atoms with E-state index in [4.69, 9.17) is 4.74 Å². The van der Waals surface area contributed by atoms with Gasteiger partial charge in [-0.3, -0.25) is 9.59 Å². The van der Waals surface area contributed by atoms with Gasteiger partial charge in [-0.15, -0.1) is 5.10 Å². The zero-order valence-electron chi connectivity index (χ0n) is 21.4. The minimum absolute atomic E-state index is 0.00817. The van der Waals surface area contributed by atoms with Crippen LogP contribution in [-0.4, -0.2) is 57.5 Å². The topological polar surface area (TPSA) is 89.3 Å². The van der Waals surface area contributed by atoms with Crippen molar-refractivity contribution in [2.45, 2.75) is 71.0 Å². The van der Waals surface area contributed by atoms with Crippen LogP contribution >= 0.6 is 0 Å². The first kappa shape index (κ1) is 25.8. The number of fused-ring (bicyclic) bond motifs is 1. The third-order valence-electron chi connectivity index (χ3n) is 6.91. The van der Waals surface area contributed by atoms with Crippen molar-refractivity contribution in [1.29, 1.82) is 0 Å². The maximum absolute atomic E-state index is 13.9. The van der Waals surface area contributed by atoms with Crippen LogP contribution in [0.4, 0.5) is 0 Å². The van der Waals surface area contributed by atoms with Crippen molar-refractivity contribution in [2.75, 3.05) is 19.8 Å². The lowest BCUT2D eigenvalue weighted by molar-refractivity contribution is -0.142. The van der Waals surface area contributed by atoms with Crippen molar-refractivity contribution < 1.29 is 14.3 Å². The van der Waals surface area contributed by atoms with Crippen molar-refractivity contribution >= 4 is 22.8 Å². The number of aromatic nitrogens is 3. The number of rotatable bonds is 11. The highest BCUT2D eigenvalue weighted by molar-refractivity contribution is 5.89. The monoisotopic (exact) mass is 491 g/mol. The molecule has 2 amide bonds. The molecule has 1 atom stereocenters. The SMILES string of the molecule is CCOCCCN(C(=O)Cn1nnc2ccccc21)[C@@H](C(=O)NC1CCCCC1)c1ccccc1C. The number of hydrogen-bond acceptors (Lipinski definition) is 5. The van der Waals surface area contributed by atoms with E-state index in [1.807, 2.05) is 62.4 Å². The highest BCUT2D eigenvalue weighted by Crippen LogP contribution is 2.27. The number of para-hydroxylation sites is 1. The van der Waals surface area contributed by atoms with E-state index >= 15 is 0 Å². The van der Waals surface area contributed by atoms with Gasteiger partial charge in [0.2, 0.25) is 11.8 Å². The molecule has 36 heavy (non-hydrogen) atoms. The molecule has 0 aliphatic heterocycles. The summed E-state index contributed by atoms with van der Waals surface area (Å²) in [4.78, 5) is 29.4. The van der Waals surface area contributed by atoms with Gasteiger partial charge in [0.1, 0.15) is 18.1 Å². The summed E-state index contributed by atoms with van der Waals surface area (Å²) in [5.74, 6) is -0.293. The smallest absolute Gasteiger partial charge is 0.247 e. The molecule has 1 fully saturated rings. The molecule has 0 spiro atoms. The highest BCUT2D eigenvalue weighted by atomic mass is 16.5. The zero-order chi connectivity index (χ0) is 25.3. The Balaban J connectivity index is 1.64. The molecule has 8 nitrogen and oxygen atoms in total. The summed E-state index contributed by atoms with van der Waals surface area (Å²) >= 11 is 0. The van der Waals surface area contributed by atoms with Crippen LogP contribution in [0.15, 0.2) is 48.5 Å². The molecule has 1 aromatic heterocycles. The van der Waals surface area contributed by atoms with Gasteiger partial charge in [-0.25, -0.2) is 4.68 Å². The molecule has 4 rings (SSSR count). The number of aryl methyl sites for hydroxylation is 1. The van der Waals surface area contributed by atoms with Gasteiger partial charge in [0, 0.05) is 25.8 Å². The lowest BCUT2D eigenvalue weighted by Gasteiger charge is -2.34. The number of nitrogens with zero attached hydrogens (tertiary/aromatic N) is 4. The molecule has 0 saturated heterocycles. The molecule has 192 valence electrons. The van der Waals surface area contributed by atoms with E-state index in [9.17, 15) is 9.59 Å². The number of nitrogens with one attached hydrogen (secondary N) is 1. The van der Waals surface area contributed by atoms with Gasteiger partial charge in [-0.2, -0.15) is 0 Å². The Hall–Kier alpha value is -3.26. The number of carbonyl (C=O) groups excluding carboxylic acids is 2. The first-order valence-electron chi connectivity index (χ1n) is 13.1. The van der Waals surface area contributed by atoms with E-state index in [-0.39, 0.29) is 24.4 Å². The molecule has 3 aromatic rings. The third-order valence-corrected chi connectivity index (χ3v) is 6.91. The molecular formula is C28H37N5O3. The molecule has 8 heteroatoms. The summed E-state index contributed by atoms with van der Waals surface area (Å²) in [6, 6.07) is 14.8. The van der Waals surface area contributed by atoms with Crippen molar-refractivity contribution in [3.05, 3.63) is 59.7 Å². The number of benzene rings is 2. The van der Waals surface area contributed by atoms with Crippen LogP contribution in [0.2, 0.25) is 0 Å². The third kappa shape index (κ3) is 6.29. The lowest BCUT2D eigenvalue weighted by Crippen LogP contribution is -2.48. The van der Waals surface area contributed by atoms with Crippen molar-refractivity contribution in [3.63, 3.8) is 0 Å². The fourth-order valence-electron chi connectivity index (χ4n) is 5.00. The average molecular weight is 492 g/mol. The van der Waals surface area contributed by atoms with E-state index in [1.165, 1.54) is 6.42 Å². The van der Waals surface area contributed by atoms with Crippen LogP contribution in [0.1, 0.15) is 62.6 Å². The van der Waals surface area contributed by atoms with Gasteiger partial charge >= 0.3 is 0 Å². The standard InChI is InChI=1S/C28H37N5O3/c1-3-36-19-11-18-32(26(34)20-33-25-17-10-9-16-24(25)30-31-33)27(23-15-8-7-12-21(23)2)28(35)29-22-13-5-4-6-14-22/h7-10,12,15-17,22,27H,3-6,11,13-14,18-20H2,1-2H3,(H,29,35)/t27-/m1/s1. The Morgan fingerprint density at radius 1 is 1.11 bits per heavy atom. The van der Waals surface area contributed by atoms with E-state index in [1.54, 1.807) is 9.58 Å². The van der Waals surface area contributed by atoms with Crippen LogP contribution in [0.25, 0.3) is 11.0 Å². The number of hydrogen-bond donors (Lipinski definition) is 1. The van der Waals surface area contributed by atoms with E-state index in [0.29, 0.717) is 26.2 Å². The molecule has 2 aromatic carbocycles. The molecule has 1 saturated carbocycles. The van der Waals surface area contributed by atoms with E-state index < -0.39 is 6.04 Å². The van der Waals surface area contributed by atoms with E-state index in [0.717, 1.165) is 47.8 Å². The highest BCUT2D eigenvalue weighted by Gasteiger charge is 2.33. The summed E-state index contributed by atoms with van der Waals surface area (Å²) in [5.41, 5.74) is 3.35. The summed E-state index contributed by atoms with van der Waals surface area (Å²) in [5, 5.41) is 11.7. The molecule has 1 aliphatic rings. The molecule has 1 aliphatic carbocycles. The van der Waals surface area contributed by atoms with Crippen LogP contribution in [-0.2, 0) is 20.9 Å². The minimum atomic E-state index is -0.725. The summed E-state index contributed by atoms with van der Waals surface area (Å²) in [6.07, 6.45) is 6.05. The normalized spacial score (nSPS) is 15.1. The predicted molar refractivity (Wildman–Crippen MR) is 139 cm³/mol. The number of carbonyl (C=O) groups is 2. The van der Waals surface area contributed by atoms with Gasteiger partial charge in [0.15, 0.2) is 0 Å². The second kappa shape index (κ2) is 12.6. The fraction of sp³-hybridized carbons (Fsp3) is 0.500. The molecular weight excluding hydrogens is 454 g/mol. The Morgan fingerprint density at radius 3 is 2.64 bits per heavy atom. The van der Waals surface area contributed by atoms with Crippen LogP contribution in [0.5, 0.6) is 0 Å². The van der Waals surface area contributed by atoms with Gasteiger partial charge < -0.3 is 15.0 Å². The largest absolute Gasteiger partial charge is 0.382 e. The Kier molecular flexibility index (Phi) is 9.06. The maximum atomic E-state index is 13.9. The van der Waals surface area contributed by atoms with Crippen molar-refractivity contribution in [3.8, 4) is 0 Å². The van der Waals surface area contributed by atoms with Crippen molar-refractivity contribution in [1.82, 2.24) is 25.2 Å². The van der Waals surface area contributed by atoms with Crippen LogP contribution in [0, 0.1) is 6.92 Å². The van der Waals surface area contributed by atoms with Gasteiger partial charge in [-0.05, 0) is 56.4 Å². The second-order valence-corrected chi connectivity index (χ2v) is 9.48. The Labute approximate surface area is 213 Å². The summed E-state index contributed by atoms with van der Waals surface area (Å²) in [7, 11) is 0.